The fourth-order valence-corrected chi connectivity index (χ4v) is 2.71. The van der Waals surface area contributed by atoms with E-state index in [4.69, 9.17) is 22.1 Å². The summed E-state index contributed by atoms with van der Waals surface area (Å²) in [6.07, 6.45) is 0. The molecule has 0 aliphatic rings. The summed E-state index contributed by atoms with van der Waals surface area (Å²) >= 11 is 7.56. The number of ether oxygens (including phenoxy) is 1. The van der Waals surface area contributed by atoms with Gasteiger partial charge in [0.2, 0.25) is 0 Å². The zero-order valence-electron chi connectivity index (χ0n) is 9.31. The molecule has 0 saturated carbocycles. The maximum atomic E-state index is 5.98. The second-order valence-corrected chi connectivity index (χ2v) is 5.02. The molecule has 0 unspecified atom stereocenters. The van der Waals surface area contributed by atoms with E-state index in [9.17, 15) is 0 Å². The minimum absolute atomic E-state index is 0.692. The van der Waals surface area contributed by atoms with Gasteiger partial charge in [-0.3, -0.25) is 0 Å². The number of nitrogens with two attached hydrogens (primary N) is 1. The fraction of sp³-hybridized carbons (Fsp3) is 0.0769. The van der Waals surface area contributed by atoms with Crippen molar-refractivity contribution in [3.63, 3.8) is 0 Å². The third kappa shape index (κ3) is 3.08. The predicted molar refractivity (Wildman–Crippen MR) is 73.0 cm³/mol. The number of anilines is 1. The van der Waals surface area contributed by atoms with E-state index in [1.165, 1.54) is 0 Å². The van der Waals surface area contributed by atoms with Gasteiger partial charge < -0.3 is 10.5 Å². The average Bonchev–Trinajstić information content (AvgIpc) is 2.29. The summed E-state index contributed by atoms with van der Waals surface area (Å²) in [5, 5.41) is 0.692. The van der Waals surface area contributed by atoms with Crippen molar-refractivity contribution >= 4 is 29.1 Å². The van der Waals surface area contributed by atoms with Crippen LogP contribution in [0.15, 0.2) is 52.3 Å². The summed E-state index contributed by atoms with van der Waals surface area (Å²) in [5.41, 5.74) is 6.49. The Morgan fingerprint density at radius 1 is 1.18 bits per heavy atom. The van der Waals surface area contributed by atoms with Crippen molar-refractivity contribution < 1.29 is 4.74 Å². The highest BCUT2D eigenvalue weighted by Gasteiger charge is 2.06. The Balaban J connectivity index is 2.32. The number of benzene rings is 2. The van der Waals surface area contributed by atoms with Crippen LogP contribution in [0.4, 0.5) is 5.69 Å². The third-order valence-electron chi connectivity index (χ3n) is 2.21. The van der Waals surface area contributed by atoms with Crippen LogP contribution in [0.25, 0.3) is 0 Å². The molecule has 0 aliphatic heterocycles. The first-order valence-electron chi connectivity index (χ1n) is 5.06. The lowest BCUT2D eigenvalue weighted by Gasteiger charge is -2.08. The lowest BCUT2D eigenvalue weighted by molar-refractivity contribution is 0.405. The Bertz CT molecular complexity index is 531. The molecule has 2 N–H and O–H groups in total. The molecular formula is C13H12ClNOS. The van der Waals surface area contributed by atoms with Crippen molar-refractivity contribution in [3.05, 3.63) is 47.5 Å². The smallest absolute Gasteiger partial charge is 0.132 e. The molecule has 2 aromatic carbocycles. The molecular weight excluding hydrogens is 254 g/mol. The Kier molecular flexibility index (Phi) is 3.82. The summed E-state index contributed by atoms with van der Waals surface area (Å²) in [6, 6.07) is 13.3. The first-order valence-corrected chi connectivity index (χ1v) is 6.25. The molecule has 4 heteroatoms. The highest BCUT2D eigenvalue weighted by atomic mass is 35.5. The van der Waals surface area contributed by atoms with Crippen LogP contribution < -0.4 is 10.5 Å². The fourth-order valence-electron chi connectivity index (χ4n) is 1.44. The number of hydrogen-bond acceptors (Lipinski definition) is 3. The summed E-state index contributed by atoms with van der Waals surface area (Å²) in [6.45, 7) is 0. The average molecular weight is 266 g/mol. The molecule has 88 valence electrons. The molecule has 0 bridgehead atoms. The molecule has 0 amide bonds. The maximum absolute atomic E-state index is 5.98. The molecule has 0 aliphatic carbocycles. The largest absolute Gasteiger partial charge is 0.496 e. The van der Waals surface area contributed by atoms with Crippen LogP contribution in [0, 0.1) is 0 Å². The van der Waals surface area contributed by atoms with Gasteiger partial charge in [-0.15, -0.1) is 0 Å². The van der Waals surface area contributed by atoms with E-state index in [-0.39, 0.29) is 0 Å². The number of nitrogen functional groups attached to an aromatic ring is 1. The number of rotatable bonds is 3. The first-order chi connectivity index (χ1) is 8.19. The highest BCUT2D eigenvalue weighted by Crippen LogP contribution is 2.37. The minimum Gasteiger partial charge on any atom is -0.496 e. The summed E-state index contributed by atoms with van der Waals surface area (Å²) in [7, 11) is 1.65. The van der Waals surface area contributed by atoms with Crippen molar-refractivity contribution in [3.8, 4) is 5.75 Å². The SMILES string of the molecule is COc1ccc(Cl)cc1Sc1cccc(N)c1. The van der Waals surface area contributed by atoms with E-state index in [0.717, 1.165) is 21.2 Å². The Hall–Kier alpha value is -1.32. The zero-order chi connectivity index (χ0) is 12.3. The Morgan fingerprint density at radius 2 is 2.00 bits per heavy atom. The van der Waals surface area contributed by atoms with E-state index >= 15 is 0 Å². The molecule has 0 fully saturated rings. The molecule has 2 nitrogen and oxygen atoms in total. The third-order valence-corrected chi connectivity index (χ3v) is 3.48. The van der Waals surface area contributed by atoms with E-state index in [2.05, 4.69) is 0 Å². The summed E-state index contributed by atoms with van der Waals surface area (Å²) < 4.78 is 5.29. The van der Waals surface area contributed by atoms with Gasteiger partial charge in [0.25, 0.3) is 0 Å². The van der Waals surface area contributed by atoms with E-state index < -0.39 is 0 Å². The molecule has 0 saturated heterocycles. The number of hydrogen-bond donors (Lipinski definition) is 1. The monoisotopic (exact) mass is 265 g/mol. The maximum Gasteiger partial charge on any atom is 0.132 e. The summed E-state index contributed by atoms with van der Waals surface area (Å²) in [4.78, 5) is 2.04. The van der Waals surface area contributed by atoms with Gasteiger partial charge in [-0.1, -0.05) is 29.4 Å². The molecule has 17 heavy (non-hydrogen) atoms. The predicted octanol–water partition coefficient (Wildman–Crippen LogP) is 4.08. The van der Waals surface area contributed by atoms with Gasteiger partial charge in [-0.2, -0.15) is 0 Å². The van der Waals surface area contributed by atoms with Gasteiger partial charge in [0.1, 0.15) is 5.75 Å². The quantitative estimate of drug-likeness (QED) is 0.850. The van der Waals surface area contributed by atoms with Crippen LogP contribution >= 0.6 is 23.4 Å². The van der Waals surface area contributed by atoms with E-state index in [1.807, 2.05) is 42.5 Å². The molecule has 0 aromatic heterocycles. The minimum atomic E-state index is 0.692. The normalized spacial score (nSPS) is 10.2. The molecule has 2 rings (SSSR count). The van der Waals surface area contributed by atoms with E-state index in [0.29, 0.717) is 5.02 Å². The second-order valence-electron chi connectivity index (χ2n) is 3.47. The van der Waals surface area contributed by atoms with Crippen LogP contribution in [-0.2, 0) is 0 Å². The van der Waals surface area contributed by atoms with Gasteiger partial charge in [0, 0.05) is 15.6 Å². The van der Waals surface area contributed by atoms with E-state index in [1.54, 1.807) is 18.9 Å². The standard InChI is InChI=1S/C13H12ClNOS/c1-16-12-6-5-9(14)7-13(12)17-11-4-2-3-10(15)8-11/h2-8H,15H2,1H3. The van der Waals surface area contributed by atoms with Crippen molar-refractivity contribution in [2.75, 3.05) is 12.8 Å². The Labute approximate surface area is 110 Å². The lowest BCUT2D eigenvalue weighted by Crippen LogP contribution is -1.87. The molecule has 2 aromatic rings. The number of methoxy groups -OCH3 is 1. The van der Waals surface area contributed by atoms with Crippen LogP contribution in [0.3, 0.4) is 0 Å². The molecule has 0 atom stereocenters. The zero-order valence-corrected chi connectivity index (χ0v) is 10.9. The van der Waals surface area contributed by atoms with Gasteiger partial charge >= 0.3 is 0 Å². The van der Waals surface area contributed by atoms with Gasteiger partial charge in [-0.05, 0) is 36.4 Å². The second kappa shape index (κ2) is 5.34. The molecule has 0 heterocycles. The highest BCUT2D eigenvalue weighted by molar-refractivity contribution is 7.99. The van der Waals surface area contributed by atoms with Gasteiger partial charge in [-0.25, -0.2) is 0 Å². The van der Waals surface area contributed by atoms with Crippen LogP contribution in [0.1, 0.15) is 0 Å². The lowest BCUT2D eigenvalue weighted by atomic mass is 10.3. The summed E-state index contributed by atoms with van der Waals surface area (Å²) in [5.74, 6) is 0.807. The Morgan fingerprint density at radius 3 is 2.71 bits per heavy atom. The molecule has 0 spiro atoms. The van der Waals surface area contributed by atoms with Crippen LogP contribution in [-0.4, -0.2) is 7.11 Å². The van der Waals surface area contributed by atoms with Gasteiger partial charge in [0.15, 0.2) is 0 Å². The molecule has 0 radical (unpaired) electrons. The van der Waals surface area contributed by atoms with Crippen LogP contribution in [0.2, 0.25) is 5.02 Å². The number of halogens is 1. The van der Waals surface area contributed by atoms with Crippen LogP contribution in [0.5, 0.6) is 5.75 Å². The van der Waals surface area contributed by atoms with Crippen molar-refractivity contribution in [2.45, 2.75) is 9.79 Å². The van der Waals surface area contributed by atoms with Gasteiger partial charge in [0.05, 0.1) is 12.0 Å². The topological polar surface area (TPSA) is 35.2 Å². The first kappa shape index (κ1) is 12.1. The van der Waals surface area contributed by atoms with Crippen molar-refractivity contribution in [1.82, 2.24) is 0 Å². The van der Waals surface area contributed by atoms with Crippen molar-refractivity contribution in [1.29, 1.82) is 0 Å². The van der Waals surface area contributed by atoms with Crippen molar-refractivity contribution in [2.24, 2.45) is 0 Å².